The van der Waals surface area contributed by atoms with Crippen LogP contribution in [0.15, 0.2) is 17.0 Å². The Bertz CT molecular complexity index is 598. The maximum absolute atomic E-state index is 12.8. The molecule has 0 bridgehead atoms. The first-order valence-electron chi connectivity index (χ1n) is 6.49. The van der Waals surface area contributed by atoms with E-state index in [1.54, 1.807) is 0 Å². The van der Waals surface area contributed by atoms with Crippen LogP contribution in [0.3, 0.4) is 0 Å². The maximum Gasteiger partial charge on any atom is 0.250 e. The van der Waals surface area contributed by atoms with E-state index in [1.165, 1.54) is 37.8 Å². The minimum absolute atomic E-state index is 0. The fourth-order valence-electron chi connectivity index (χ4n) is 2.33. The van der Waals surface area contributed by atoms with E-state index in [2.05, 4.69) is 0 Å². The van der Waals surface area contributed by atoms with Gasteiger partial charge in [0.05, 0.1) is 21.3 Å². The maximum atomic E-state index is 12.8. The highest BCUT2D eigenvalue weighted by Crippen LogP contribution is 2.39. The van der Waals surface area contributed by atoms with Gasteiger partial charge in [0.25, 0.3) is 10.0 Å². The van der Waals surface area contributed by atoms with Crippen molar-refractivity contribution in [1.82, 2.24) is 4.31 Å². The van der Waals surface area contributed by atoms with Gasteiger partial charge in [-0.05, 0) is 6.42 Å². The van der Waals surface area contributed by atoms with Gasteiger partial charge >= 0.3 is 0 Å². The van der Waals surface area contributed by atoms with Crippen LogP contribution in [0, 0.1) is 0 Å². The fraction of sp³-hybridized carbons (Fsp3) is 0.538. The van der Waals surface area contributed by atoms with Crippen molar-refractivity contribution >= 4 is 22.4 Å². The molecule has 1 heterocycles. The van der Waals surface area contributed by atoms with Gasteiger partial charge in [-0.15, -0.1) is 12.4 Å². The number of nitrogens with two attached hydrogens (primary N) is 1. The van der Waals surface area contributed by atoms with Crippen molar-refractivity contribution < 1.29 is 22.6 Å². The highest BCUT2D eigenvalue weighted by Gasteiger charge is 2.35. The molecule has 0 aromatic heterocycles. The quantitative estimate of drug-likeness (QED) is 0.845. The molecule has 7 nitrogen and oxygen atoms in total. The van der Waals surface area contributed by atoms with Crippen LogP contribution in [-0.2, 0) is 10.0 Å². The zero-order valence-electron chi connectivity index (χ0n) is 12.7. The molecule has 0 radical (unpaired) electrons. The van der Waals surface area contributed by atoms with Crippen molar-refractivity contribution in [2.45, 2.75) is 17.4 Å². The second kappa shape index (κ2) is 7.36. The van der Waals surface area contributed by atoms with E-state index in [0.717, 1.165) is 0 Å². The molecule has 1 fully saturated rings. The van der Waals surface area contributed by atoms with E-state index in [-0.39, 0.29) is 34.8 Å². The Morgan fingerprint density at radius 3 is 2.05 bits per heavy atom. The summed E-state index contributed by atoms with van der Waals surface area (Å²) in [5.74, 6) is 0.833. The number of sulfonamides is 1. The summed E-state index contributed by atoms with van der Waals surface area (Å²) in [6.45, 7) is 0.683. The highest BCUT2D eigenvalue weighted by molar-refractivity contribution is 7.89. The Hall–Kier alpha value is -1.22. The molecule has 1 aliphatic rings. The van der Waals surface area contributed by atoms with Gasteiger partial charge in [-0.25, -0.2) is 8.42 Å². The van der Waals surface area contributed by atoms with Crippen LogP contribution in [-0.4, -0.2) is 53.2 Å². The molecular formula is C13H21ClN2O5S. The van der Waals surface area contributed by atoms with E-state index >= 15 is 0 Å². The summed E-state index contributed by atoms with van der Waals surface area (Å²) in [6, 6.07) is 2.89. The molecule has 1 aromatic carbocycles. The first kappa shape index (κ1) is 18.8. The summed E-state index contributed by atoms with van der Waals surface area (Å²) in [4.78, 5) is 0.00222. The predicted octanol–water partition coefficient (Wildman–Crippen LogP) is 0.856. The van der Waals surface area contributed by atoms with Crippen LogP contribution in [0.1, 0.15) is 6.42 Å². The van der Waals surface area contributed by atoms with Gasteiger partial charge in [0.15, 0.2) is 4.90 Å². The second-order valence-electron chi connectivity index (χ2n) is 4.77. The van der Waals surface area contributed by atoms with E-state index < -0.39 is 10.0 Å². The largest absolute Gasteiger partial charge is 0.496 e. The van der Waals surface area contributed by atoms with Crippen LogP contribution in [0.5, 0.6) is 17.2 Å². The Morgan fingerprint density at radius 1 is 1.14 bits per heavy atom. The third-order valence-electron chi connectivity index (χ3n) is 3.46. The molecule has 1 atom stereocenters. The first-order chi connectivity index (χ1) is 9.93. The van der Waals surface area contributed by atoms with Gasteiger partial charge in [0.1, 0.15) is 17.2 Å². The standard InChI is InChI=1S/C13H20N2O5S.ClH/c1-18-10-6-11(19-2)13(12(7-10)20-3)21(16,17)15-5-4-9(14)8-15;/h6-7,9H,4-5,8,14H2,1-3H3;1H. The van der Waals surface area contributed by atoms with Gasteiger partial charge in [-0.2, -0.15) is 4.31 Å². The first-order valence-corrected chi connectivity index (χ1v) is 7.93. The lowest BCUT2D eigenvalue weighted by Crippen LogP contribution is -2.32. The summed E-state index contributed by atoms with van der Waals surface area (Å²) < 4.78 is 42.5. The molecule has 2 N–H and O–H groups in total. The van der Waals surface area contributed by atoms with Crippen molar-refractivity contribution in [2.75, 3.05) is 34.4 Å². The normalized spacial score (nSPS) is 18.6. The molecule has 22 heavy (non-hydrogen) atoms. The molecule has 1 unspecified atom stereocenters. The topological polar surface area (TPSA) is 91.1 Å². The Labute approximate surface area is 136 Å². The van der Waals surface area contributed by atoms with Crippen LogP contribution in [0.25, 0.3) is 0 Å². The number of methoxy groups -OCH3 is 3. The smallest absolute Gasteiger partial charge is 0.250 e. The van der Waals surface area contributed by atoms with Crippen LogP contribution in [0.2, 0.25) is 0 Å². The lowest BCUT2D eigenvalue weighted by molar-refractivity contribution is 0.355. The number of hydrogen-bond acceptors (Lipinski definition) is 6. The zero-order valence-corrected chi connectivity index (χ0v) is 14.4. The summed E-state index contributed by atoms with van der Waals surface area (Å²) in [6.07, 6.45) is 0.639. The number of ether oxygens (including phenoxy) is 3. The average molecular weight is 353 g/mol. The molecule has 0 amide bonds. The number of halogens is 1. The van der Waals surface area contributed by atoms with E-state index in [0.29, 0.717) is 25.3 Å². The lowest BCUT2D eigenvalue weighted by atomic mass is 10.3. The summed E-state index contributed by atoms with van der Waals surface area (Å²) in [5, 5.41) is 0. The van der Waals surface area contributed by atoms with Crippen molar-refractivity contribution in [3.63, 3.8) is 0 Å². The van der Waals surface area contributed by atoms with Crippen LogP contribution in [0.4, 0.5) is 0 Å². The molecule has 1 saturated heterocycles. The molecule has 1 aromatic rings. The van der Waals surface area contributed by atoms with Crippen molar-refractivity contribution in [1.29, 1.82) is 0 Å². The molecule has 0 saturated carbocycles. The van der Waals surface area contributed by atoms with Gasteiger partial charge in [0.2, 0.25) is 0 Å². The Morgan fingerprint density at radius 2 is 1.68 bits per heavy atom. The Balaban J connectivity index is 0.00000242. The molecule has 0 spiro atoms. The lowest BCUT2D eigenvalue weighted by Gasteiger charge is -2.20. The molecule has 2 rings (SSSR count). The van der Waals surface area contributed by atoms with Crippen molar-refractivity contribution in [3.05, 3.63) is 12.1 Å². The monoisotopic (exact) mass is 352 g/mol. The number of benzene rings is 1. The van der Waals surface area contributed by atoms with E-state index in [1.807, 2.05) is 0 Å². The van der Waals surface area contributed by atoms with Gasteiger partial charge < -0.3 is 19.9 Å². The molecular weight excluding hydrogens is 332 g/mol. The number of nitrogens with zero attached hydrogens (tertiary/aromatic N) is 1. The number of rotatable bonds is 5. The minimum atomic E-state index is -3.73. The molecule has 9 heteroatoms. The van der Waals surface area contributed by atoms with Gasteiger partial charge in [0, 0.05) is 31.3 Å². The van der Waals surface area contributed by atoms with Gasteiger partial charge in [-0.3, -0.25) is 0 Å². The number of hydrogen-bond donors (Lipinski definition) is 1. The van der Waals surface area contributed by atoms with E-state index in [4.69, 9.17) is 19.9 Å². The third-order valence-corrected chi connectivity index (χ3v) is 5.38. The zero-order chi connectivity index (χ0) is 15.6. The van der Waals surface area contributed by atoms with Crippen LogP contribution < -0.4 is 19.9 Å². The second-order valence-corrected chi connectivity index (χ2v) is 6.65. The van der Waals surface area contributed by atoms with E-state index in [9.17, 15) is 8.42 Å². The average Bonchev–Trinajstić information content (AvgIpc) is 2.92. The highest BCUT2D eigenvalue weighted by atomic mass is 35.5. The van der Waals surface area contributed by atoms with Crippen molar-refractivity contribution in [2.24, 2.45) is 5.73 Å². The molecule has 1 aliphatic heterocycles. The Kier molecular flexibility index (Phi) is 6.30. The van der Waals surface area contributed by atoms with Crippen molar-refractivity contribution in [3.8, 4) is 17.2 Å². The summed E-state index contributed by atoms with van der Waals surface area (Å²) in [5.41, 5.74) is 5.80. The predicted molar refractivity (Wildman–Crippen MR) is 84.7 cm³/mol. The van der Waals surface area contributed by atoms with Crippen LogP contribution >= 0.6 is 12.4 Å². The fourth-order valence-corrected chi connectivity index (χ4v) is 4.11. The third kappa shape index (κ3) is 3.40. The van der Waals surface area contributed by atoms with Gasteiger partial charge in [-0.1, -0.05) is 0 Å². The summed E-state index contributed by atoms with van der Waals surface area (Å²) >= 11 is 0. The minimum Gasteiger partial charge on any atom is -0.496 e. The summed E-state index contributed by atoms with van der Waals surface area (Å²) in [7, 11) is 0.565. The molecule has 126 valence electrons. The SMILES string of the molecule is COc1cc(OC)c(S(=O)(=O)N2CCC(N)C2)c(OC)c1.Cl. The molecule has 0 aliphatic carbocycles.